The van der Waals surface area contributed by atoms with Crippen molar-refractivity contribution in [2.24, 2.45) is 0 Å². The summed E-state index contributed by atoms with van der Waals surface area (Å²) in [7, 11) is 0. The maximum atomic E-state index is 11.0. The summed E-state index contributed by atoms with van der Waals surface area (Å²) in [5.41, 5.74) is 0.972. The minimum Gasteiger partial charge on any atom is -0.301 e. The van der Waals surface area contributed by atoms with Crippen LogP contribution in [0.5, 0.6) is 0 Å². The van der Waals surface area contributed by atoms with Gasteiger partial charge in [-0.15, -0.1) is 0 Å². The van der Waals surface area contributed by atoms with Crippen molar-refractivity contribution in [3.8, 4) is 0 Å². The number of hydrogen-bond donors (Lipinski definition) is 0. The van der Waals surface area contributed by atoms with E-state index in [0.29, 0.717) is 6.04 Å². The van der Waals surface area contributed by atoms with Crippen LogP contribution in [-0.4, -0.2) is 12.5 Å². The Kier molecular flexibility index (Phi) is 3.38. The van der Waals surface area contributed by atoms with Crippen molar-refractivity contribution in [1.29, 1.82) is 0 Å². The lowest BCUT2D eigenvalue weighted by Gasteiger charge is -2.30. The summed E-state index contributed by atoms with van der Waals surface area (Å²) >= 11 is 0. The summed E-state index contributed by atoms with van der Waals surface area (Å²) in [5, 5.41) is 0. The SMILES string of the molecule is O=[C]N(c1ccccc1)C1CCCCC1. The van der Waals surface area contributed by atoms with Gasteiger partial charge in [0.1, 0.15) is 0 Å². The van der Waals surface area contributed by atoms with E-state index in [1.165, 1.54) is 19.3 Å². The van der Waals surface area contributed by atoms with Crippen molar-refractivity contribution < 1.29 is 4.79 Å². The Labute approximate surface area is 90.9 Å². The molecule has 0 bridgehead atoms. The lowest BCUT2D eigenvalue weighted by atomic mass is 9.94. The molecule has 0 unspecified atom stereocenters. The molecule has 1 fully saturated rings. The second kappa shape index (κ2) is 4.96. The third-order valence-electron chi connectivity index (χ3n) is 3.07. The Balaban J connectivity index is 2.12. The molecule has 2 rings (SSSR count). The largest absolute Gasteiger partial charge is 0.317 e. The highest BCUT2D eigenvalue weighted by atomic mass is 16.1. The molecule has 2 heteroatoms. The second-order valence-corrected chi connectivity index (χ2v) is 4.09. The Morgan fingerprint density at radius 1 is 1.07 bits per heavy atom. The quantitative estimate of drug-likeness (QED) is 0.690. The van der Waals surface area contributed by atoms with Crippen LogP contribution in [0.1, 0.15) is 32.1 Å². The van der Waals surface area contributed by atoms with Crippen LogP contribution in [0.3, 0.4) is 0 Å². The summed E-state index contributed by atoms with van der Waals surface area (Å²) in [6.07, 6.45) is 8.07. The fourth-order valence-corrected chi connectivity index (χ4v) is 2.27. The lowest BCUT2D eigenvalue weighted by Crippen LogP contribution is -2.35. The maximum absolute atomic E-state index is 11.0. The van der Waals surface area contributed by atoms with E-state index in [1.807, 2.05) is 30.3 Å². The first-order valence-electron chi connectivity index (χ1n) is 5.64. The average molecular weight is 202 g/mol. The molecular weight excluding hydrogens is 186 g/mol. The molecule has 1 saturated carbocycles. The monoisotopic (exact) mass is 202 g/mol. The van der Waals surface area contributed by atoms with Crippen molar-refractivity contribution in [3.63, 3.8) is 0 Å². The maximum Gasteiger partial charge on any atom is 0.317 e. The zero-order valence-corrected chi connectivity index (χ0v) is 8.86. The number of amides is 1. The van der Waals surface area contributed by atoms with Crippen LogP contribution in [0.2, 0.25) is 0 Å². The summed E-state index contributed by atoms with van der Waals surface area (Å²) in [5.74, 6) is 0. The Hall–Kier alpha value is -1.31. The van der Waals surface area contributed by atoms with Gasteiger partial charge in [-0.2, -0.15) is 0 Å². The fourth-order valence-electron chi connectivity index (χ4n) is 2.27. The molecule has 0 N–H and O–H groups in total. The van der Waals surface area contributed by atoms with Crippen molar-refractivity contribution >= 4 is 12.1 Å². The second-order valence-electron chi connectivity index (χ2n) is 4.09. The number of para-hydroxylation sites is 1. The van der Waals surface area contributed by atoms with Gasteiger partial charge in [-0.05, 0) is 25.0 Å². The topological polar surface area (TPSA) is 20.3 Å². The van der Waals surface area contributed by atoms with Crippen LogP contribution < -0.4 is 4.90 Å². The average Bonchev–Trinajstić information content (AvgIpc) is 2.33. The third kappa shape index (κ3) is 2.38. The van der Waals surface area contributed by atoms with Crippen molar-refractivity contribution in [1.82, 2.24) is 0 Å². The molecule has 79 valence electrons. The molecule has 0 aromatic heterocycles. The number of anilines is 1. The van der Waals surface area contributed by atoms with E-state index in [4.69, 9.17) is 0 Å². The van der Waals surface area contributed by atoms with Gasteiger partial charge in [0.05, 0.1) is 0 Å². The zero-order chi connectivity index (χ0) is 10.5. The number of carbonyl (C=O) groups excluding carboxylic acids is 1. The first-order valence-corrected chi connectivity index (χ1v) is 5.64. The number of nitrogens with zero attached hydrogens (tertiary/aromatic N) is 1. The van der Waals surface area contributed by atoms with Gasteiger partial charge in [0.25, 0.3) is 0 Å². The molecule has 1 aliphatic carbocycles. The zero-order valence-electron chi connectivity index (χ0n) is 8.86. The first kappa shape index (κ1) is 10.2. The van der Waals surface area contributed by atoms with Crippen LogP contribution in [0.25, 0.3) is 0 Å². The van der Waals surface area contributed by atoms with Crippen molar-refractivity contribution in [2.75, 3.05) is 4.90 Å². The smallest absolute Gasteiger partial charge is 0.301 e. The van der Waals surface area contributed by atoms with Crippen LogP contribution in [0.4, 0.5) is 5.69 Å². The standard InChI is InChI=1S/C13H16NO/c15-11-14(12-7-3-1-4-8-12)13-9-5-2-6-10-13/h1,3-4,7-8,13H,2,5-6,9-10H2. The highest BCUT2D eigenvalue weighted by Gasteiger charge is 2.21. The van der Waals surface area contributed by atoms with E-state index in [9.17, 15) is 4.79 Å². The summed E-state index contributed by atoms with van der Waals surface area (Å²) in [6, 6.07) is 10.2. The van der Waals surface area contributed by atoms with Crippen molar-refractivity contribution in [2.45, 2.75) is 38.1 Å². The van der Waals surface area contributed by atoms with E-state index in [2.05, 4.69) is 6.41 Å². The number of benzene rings is 1. The van der Waals surface area contributed by atoms with Gasteiger partial charge in [-0.1, -0.05) is 37.5 Å². The molecule has 1 amide bonds. The lowest BCUT2D eigenvalue weighted by molar-refractivity contribution is 0.431. The Morgan fingerprint density at radius 3 is 2.33 bits per heavy atom. The fraction of sp³-hybridized carbons (Fsp3) is 0.462. The van der Waals surface area contributed by atoms with Gasteiger partial charge >= 0.3 is 6.41 Å². The van der Waals surface area contributed by atoms with Crippen LogP contribution in [0.15, 0.2) is 30.3 Å². The van der Waals surface area contributed by atoms with Crippen LogP contribution in [0, 0.1) is 0 Å². The number of rotatable bonds is 3. The highest BCUT2D eigenvalue weighted by molar-refractivity contribution is 5.76. The molecule has 1 aromatic carbocycles. The Bertz CT molecular complexity index is 304. The third-order valence-corrected chi connectivity index (χ3v) is 3.07. The molecule has 0 atom stereocenters. The molecule has 2 nitrogen and oxygen atoms in total. The van der Waals surface area contributed by atoms with Gasteiger partial charge in [0, 0.05) is 11.7 Å². The minimum atomic E-state index is 0.360. The predicted molar refractivity (Wildman–Crippen MR) is 61.5 cm³/mol. The molecule has 0 saturated heterocycles. The van der Waals surface area contributed by atoms with E-state index in [0.717, 1.165) is 18.5 Å². The van der Waals surface area contributed by atoms with Crippen molar-refractivity contribution in [3.05, 3.63) is 30.3 Å². The van der Waals surface area contributed by atoms with Gasteiger partial charge < -0.3 is 4.90 Å². The molecular formula is C13H16NO. The summed E-state index contributed by atoms with van der Waals surface area (Å²) in [6.45, 7) is 0. The minimum absolute atomic E-state index is 0.360. The molecule has 1 radical (unpaired) electrons. The van der Waals surface area contributed by atoms with Crippen LogP contribution in [-0.2, 0) is 4.79 Å². The van der Waals surface area contributed by atoms with Crippen LogP contribution >= 0.6 is 0 Å². The first-order chi connectivity index (χ1) is 7.42. The molecule has 1 aliphatic rings. The van der Waals surface area contributed by atoms with Gasteiger partial charge in [-0.3, -0.25) is 4.79 Å². The summed E-state index contributed by atoms with van der Waals surface area (Å²) in [4.78, 5) is 12.8. The predicted octanol–water partition coefficient (Wildman–Crippen LogP) is 2.89. The van der Waals surface area contributed by atoms with E-state index < -0.39 is 0 Å². The number of hydrogen-bond acceptors (Lipinski definition) is 1. The van der Waals surface area contributed by atoms with Gasteiger partial charge in [0.15, 0.2) is 0 Å². The Morgan fingerprint density at radius 2 is 1.73 bits per heavy atom. The normalized spacial score (nSPS) is 17.3. The molecule has 0 aliphatic heterocycles. The molecule has 0 heterocycles. The highest BCUT2D eigenvalue weighted by Crippen LogP contribution is 2.25. The van der Waals surface area contributed by atoms with E-state index in [1.54, 1.807) is 4.90 Å². The summed E-state index contributed by atoms with van der Waals surface area (Å²) < 4.78 is 0. The molecule has 1 aromatic rings. The van der Waals surface area contributed by atoms with Gasteiger partial charge in [-0.25, -0.2) is 0 Å². The van der Waals surface area contributed by atoms with E-state index >= 15 is 0 Å². The van der Waals surface area contributed by atoms with E-state index in [-0.39, 0.29) is 0 Å². The van der Waals surface area contributed by atoms with Gasteiger partial charge in [0.2, 0.25) is 0 Å². The molecule has 0 spiro atoms. The molecule has 15 heavy (non-hydrogen) atoms.